The van der Waals surface area contributed by atoms with Crippen LogP contribution in [0.3, 0.4) is 0 Å². The van der Waals surface area contributed by atoms with E-state index in [0.29, 0.717) is 5.92 Å². The number of hydrogen-bond acceptors (Lipinski definition) is 4. The van der Waals surface area contributed by atoms with E-state index in [1.807, 2.05) is 0 Å². The Morgan fingerprint density at radius 2 is 1.93 bits per heavy atom. The Bertz CT molecular complexity index is 824. The molecule has 1 unspecified atom stereocenters. The van der Waals surface area contributed by atoms with Gasteiger partial charge in [-0.3, -0.25) is 14.8 Å². The summed E-state index contributed by atoms with van der Waals surface area (Å²) in [5.41, 5.74) is 4.54. The minimum Gasteiger partial charge on any atom is -0.371 e. The molecule has 0 spiro atoms. The van der Waals surface area contributed by atoms with Crippen molar-refractivity contribution in [2.45, 2.75) is 44.6 Å². The Morgan fingerprint density at radius 3 is 2.72 bits per heavy atom. The Morgan fingerprint density at radius 1 is 1.14 bits per heavy atom. The summed E-state index contributed by atoms with van der Waals surface area (Å²) in [7, 11) is 3.59. The molecular weight excluding hydrogens is 362 g/mol. The first-order valence-electron chi connectivity index (χ1n) is 10.9. The van der Waals surface area contributed by atoms with Gasteiger partial charge in [-0.1, -0.05) is 18.2 Å². The van der Waals surface area contributed by atoms with Crippen molar-refractivity contribution >= 4 is 11.6 Å². The van der Waals surface area contributed by atoms with Gasteiger partial charge in [0.15, 0.2) is 0 Å². The van der Waals surface area contributed by atoms with Gasteiger partial charge in [0, 0.05) is 51.9 Å². The summed E-state index contributed by atoms with van der Waals surface area (Å²) in [6.45, 7) is 5.38. The molecule has 0 aliphatic carbocycles. The van der Waals surface area contributed by atoms with E-state index in [4.69, 9.17) is 0 Å². The molecule has 1 aromatic heterocycles. The van der Waals surface area contributed by atoms with Gasteiger partial charge in [-0.15, -0.1) is 0 Å². The first-order valence-corrected chi connectivity index (χ1v) is 10.9. The molecule has 6 heteroatoms. The molecule has 2 aromatic rings. The van der Waals surface area contributed by atoms with E-state index in [0.717, 1.165) is 43.7 Å². The maximum absolute atomic E-state index is 12.5. The lowest BCUT2D eigenvalue weighted by atomic mass is 9.92. The van der Waals surface area contributed by atoms with Crippen molar-refractivity contribution in [3.05, 3.63) is 47.3 Å². The minimum absolute atomic E-state index is 0.0290. The molecule has 1 atom stereocenters. The number of para-hydroxylation sites is 1. The van der Waals surface area contributed by atoms with Gasteiger partial charge >= 0.3 is 0 Å². The van der Waals surface area contributed by atoms with Gasteiger partial charge in [0.1, 0.15) is 0 Å². The zero-order valence-corrected chi connectivity index (χ0v) is 17.7. The highest BCUT2D eigenvalue weighted by Crippen LogP contribution is 2.31. The highest BCUT2D eigenvalue weighted by Gasteiger charge is 2.28. The van der Waals surface area contributed by atoms with Gasteiger partial charge < -0.3 is 9.80 Å². The Hall–Kier alpha value is -2.34. The van der Waals surface area contributed by atoms with E-state index in [-0.39, 0.29) is 5.91 Å². The van der Waals surface area contributed by atoms with E-state index >= 15 is 0 Å². The molecule has 0 bridgehead atoms. The van der Waals surface area contributed by atoms with Crippen LogP contribution in [0.15, 0.2) is 30.5 Å². The molecule has 3 heterocycles. The zero-order chi connectivity index (χ0) is 20.2. The van der Waals surface area contributed by atoms with Crippen LogP contribution in [0.25, 0.3) is 0 Å². The number of likely N-dealkylation sites (tertiary alicyclic amines) is 1. The Balaban J connectivity index is 1.48. The van der Waals surface area contributed by atoms with E-state index in [1.54, 1.807) is 25.2 Å². The van der Waals surface area contributed by atoms with Crippen LogP contribution in [0, 0.1) is 0 Å². The van der Waals surface area contributed by atoms with Crippen LogP contribution in [-0.2, 0) is 6.54 Å². The van der Waals surface area contributed by atoms with Gasteiger partial charge in [-0.2, -0.15) is 5.10 Å². The van der Waals surface area contributed by atoms with Crippen molar-refractivity contribution in [1.82, 2.24) is 20.0 Å². The van der Waals surface area contributed by atoms with Crippen LogP contribution < -0.4 is 4.90 Å². The molecule has 2 saturated heterocycles. The summed E-state index contributed by atoms with van der Waals surface area (Å²) in [5, 5.41) is 7.31. The van der Waals surface area contributed by atoms with Crippen LogP contribution in [-0.4, -0.2) is 66.2 Å². The number of amides is 1. The molecule has 1 aromatic carbocycles. The van der Waals surface area contributed by atoms with Crippen LogP contribution >= 0.6 is 0 Å². The number of anilines is 1. The molecule has 29 heavy (non-hydrogen) atoms. The van der Waals surface area contributed by atoms with Crippen molar-refractivity contribution in [2.75, 3.05) is 45.2 Å². The van der Waals surface area contributed by atoms with E-state index in [1.165, 1.54) is 43.6 Å². The summed E-state index contributed by atoms with van der Waals surface area (Å²) in [6.07, 6.45) is 7.86. The number of rotatable bonds is 5. The summed E-state index contributed by atoms with van der Waals surface area (Å²) >= 11 is 0. The average molecular weight is 396 g/mol. The van der Waals surface area contributed by atoms with Crippen LogP contribution in [0.1, 0.15) is 59.6 Å². The number of benzene rings is 1. The molecule has 2 aliphatic heterocycles. The second kappa shape index (κ2) is 8.99. The fourth-order valence-corrected chi connectivity index (χ4v) is 4.78. The summed E-state index contributed by atoms with van der Waals surface area (Å²) in [5.74, 6) is 0.355. The Labute approximate surface area is 173 Å². The molecule has 2 aliphatic rings. The summed E-state index contributed by atoms with van der Waals surface area (Å²) in [4.78, 5) is 19.2. The van der Waals surface area contributed by atoms with Gasteiger partial charge in [0.2, 0.25) is 0 Å². The van der Waals surface area contributed by atoms with Crippen LogP contribution in [0.2, 0.25) is 0 Å². The van der Waals surface area contributed by atoms with Crippen molar-refractivity contribution in [3.63, 3.8) is 0 Å². The van der Waals surface area contributed by atoms with E-state index < -0.39 is 0 Å². The number of piperidine rings is 2. The van der Waals surface area contributed by atoms with E-state index in [2.05, 4.69) is 44.3 Å². The second-order valence-electron chi connectivity index (χ2n) is 8.65. The van der Waals surface area contributed by atoms with Crippen molar-refractivity contribution in [3.8, 4) is 0 Å². The predicted octanol–water partition coefficient (Wildman–Crippen LogP) is 3.48. The van der Waals surface area contributed by atoms with E-state index in [9.17, 15) is 4.79 Å². The molecule has 6 nitrogen and oxygen atoms in total. The molecule has 0 saturated carbocycles. The lowest BCUT2D eigenvalue weighted by Crippen LogP contribution is -2.36. The third-order valence-electron chi connectivity index (χ3n) is 6.30. The van der Waals surface area contributed by atoms with Gasteiger partial charge in [0.05, 0.1) is 17.5 Å². The minimum atomic E-state index is 0.0290. The van der Waals surface area contributed by atoms with Gasteiger partial charge in [0.25, 0.3) is 5.91 Å². The molecule has 4 rings (SSSR count). The average Bonchev–Trinajstić information content (AvgIpc) is 3.24. The quantitative estimate of drug-likeness (QED) is 0.842. The fourth-order valence-electron chi connectivity index (χ4n) is 4.78. The highest BCUT2D eigenvalue weighted by atomic mass is 16.2. The number of aromatic nitrogens is 2. The van der Waals surface area contributed by atoms with Gasteiger partial charge in [-0.25, -0.2) is 0 Å². The number of H-pyrrole nitrogens is 1. The Kier molecular flexibility index (Phi) is 6.19. The third kappa shape index (κ3) is 4.47. The molecular formula is C23H33N5O. The number of nitrogens with one attached hydrogen (secondary N) is 1. The van der Waals surface area contributed by atoms with Crippen molar-refractivity contribution < 1.29 is 4.79 Å². The molecule has 0 radical (unpaired) electrons. The number of carbonyl (C=O) groups is 1. The number of carbonyl (C=O) groups excluding carboxylic acids is 1. The topological polar surface area (TPSA) is 55.5 Å². The first-order chi connectivity index (χ1) is 14.1. The predicted molar refractivity (Wildman–Crippen MR) is 116 cm³/mol. The number of hydrogen-bond donors (Lipinski definition) is 1. The second-order valence-corrected chi connectivity index (χ2v) is 8.65. The normalized spacial score (nSPS) is 20.6. The fraction of sp³-hybridized carbons (Fsp3) is 0.565. The monoisotopic (exact) mass is 395 g/mol. The lowest BCUT2D eigenvalue weighted by molar-refractivity contribution is 0.0825. The third-order valence-corrected chi connectivity index (χ3v) is 6.30. The first kappa shape index (κ1) is 20.0. The highest BCUT2D eigenvalue weighted by molar-refractivity contribution is 5.94. The standard InChI is InChI=1S/C23H33N5O/c1-26(2)23(29)20-15-24-25-22(20)19-10-8-12-27(17-19)16-18-9-4-5-11-21(18)28-13-6-3-7-14-28/h4-5,9,11,15,19H,3,6-8,10,12-14,16-17H2,1-2H3,(H,24,25). The summed E-state index contributed by atoms with van der Waals surface area (Å²) in [6, 6.07) is 8.89. The largest absolute Gasteiger partial charge is 0.371 e. The maximum atomic E-state index is 12.5. The maximum Gasteiger partial charge on any atom is 0.256 e. The SMILES string of the molecule is CN(C)C(=O)c1cn[nH]c1C1CCCN(Cc2ccccc2N2CCCCC2)C1. The molecule has 156 valence electrons. The lowest BCUT2D eigenvalue weighted by Gasteiger charge is -2.35. The smallest absolute Gasteiger partial charge is 0.256 e. The molecule has 1 N–H and O–H groups in total. The number of aromatic amines is 1. The van der Waals surface area contributed by atoms with Crippen LogP contribution in [0.4, 0.5) is 5.69 Å². The van der Waals surface area contributed by atoms with Crippen LogP contribution in [0.5, 0.6) is 0 Å². The molecule has 1 amide bonds. The zero-order valence-electron chi connectivity index (χ0n) is 17.7. The van der Waals surface area contributed by atoms with Crippen molar-refractivity contribution in [1.29, 1.82) is 0 Å². The number of nitrogens with zero attached hydrogens (tertiary/aromatic N) is 4. The summed E-state index contributed by atoms with van der Waals surface area (Å²) < 4.78 is 0. The molecule has 2 fully saturated rings. The van der Waals surface area contributed by atoms with Gasteiger partial charge in [-0.05, 0) is 50.3 Å². The van der Waals surface area contributed by atoms with Crippen molar-refractivity contribution in [2.24, 2.45) is 0 Å².